The predicted octanol–water partition coefficient (Wildman–Crippen LogP) is 1.71. The number of benzene rings is 1. The Hall–Kier alpha value is -1.58. The summed E-state index contributed by atoms with van der Waals surface area (Å²) in [6, 6.07) is 5.69. The first-order chi connectivity index (χ1) is 7.00. The van der Waals surface area contributed by atoms with Crippen molar-refractivity contribution in [2.24, 2.45) is 0 Å². The summed E-state index contributed by atoms with van der Waals surface area (Å²) in [5.74, 6) is -0.358. The van der Waals surface area contributed by atoms with Crippen molar-refractivity contribution < 1.29 is 9.18 Å². The molecule has 0 aliphatic heterocycles. The summed E-state index contributed by atoms with van der Waals surface area (Å²) in [5, 5.41) is 2.93. The maximum absolute atomic E-state index is 12.8. The van der Waals surface area contributed by atoms with Crippen LogP contribution in [0.15, 0.2) is 24.3 Å². The summed E-state index contributed by atoms with van der Waals surface area (Å²) in [5.41, 5.74) is 0.609. The fraction of sp³-hybridized carbons (Fsp3) is 0.364. The largest absolute Gasteiger partial charge is 0.374 e. The number of halogens is 1. The van der Waals surface area contributed by atoms with Crippen LogP contribution >= 0.6 is 0 Å². The van der Waals surface area contributed by atoms with Gasteiger partial charge in [-0.2, -0.15) is 0 Å². The van der Waals surface area contributed by atoms with E-state index in [1.165, 1.54) is 17.0 Å². The highest BCUT2D eigenvalue weighted by Gasteiger charge is 2.14. The van der Waals surface area contributed by atoms with E-state index in [4.69, 9.17) is 0 Å². The summed E-state index contributed by atoms with van der Waals surface area (Å²) in [6.07, 6.45) is 0. The molecule has 1 aromatic rings. The van der Waals surface area contributed by atoms with Crippen molar-refractivity contribution in [3.63, 3.8) is 0 Å². The minimum absolute atomic E-state index is 0.0424. The number of anilines is 1. The van der Waals surface area contributed by atoms with Crippen LogP contribution in [-0.4, -0.2) is 30.9 Å². The average Bonchev–Trinajstić information content (AvgIpc) is 2.16. The molecule has 1 amide bonds. The normalized spacial score (nSPS) is 12.0. The van der Waals surface area contributed by atoms with Gasteiger partial charge >= 0.3 is 0 Å². The van der Waals surface area contributed by atoms with Gasteiger partial charge in [-0.15, -0.1) is 0 Å². The molecule has 0 radical (unpaired) electrons. The smallest absolute Gasteiger partial charge is 0.244 e. The van der Waals surface area contributed by atoms with Crippen LogP contribution in [0.5, 0.6) is 0 Å². The lowest BCUT2D eigenvalue weighted by Gasteiger charge is -2.18. The summed E-state index contributed by atoms with van der Waals surface area (Å²) < 4.78 is 12.8. The van der Waals surface area contributed by atoms with Gasteiger partial charge in [0.15, 0.2) is 0 Å². The lowest BCUT2D eigenvalue weighted by molar-refractivity contribution is -0.129. The molecule has 1 atom stereocenters. The first kappa shape index (κ1) is 11.5. The van der Waals surface area contributed by atoms with Crippen LogP contribution in [0.2, 0.25) is 0 Å². The summed E-state index contributed by atoms with van der Waals surface area (Å²) in [7, 11) is 3.37. The Bertz CT molecular complexity index is 352. The lowest BCUT2D eigenvalue weighted by Crippen LogP contribution is -2.36. The van der Waals surface area contributed by atoms with Crippen LogP contribution in [0.1, 0.15) is 6.92 Å². The monoisotopic (exact) mass is 210 g/mol. The van der Waals surface area contributed by atoms with E-state index in [0.717, 1.165) is 0 Å². The SMILES string of the molecule is CC(Nc1cccc(F)c1)C(=O)N(C)C. The lowest BCUT2D eigenvalue weighted by atomic mass is 10.2. The maximum atomic E-state index is 12.8. The third-order valence-corrected chi connectivity index (χ3v) is 2.02. The fourth-order valence-electron chi connectivity index (χ4n) is 1.28. The van der Waals surface area contributed by atoms with Crippen LogP contribution in [0.25, 0.3) is 0 Å². The quantitative estimate of drug-likeness (QED) is 0.823. The zero-order valence-corrected chi connectivity index (χ0v) is 9.12. The van der Waals surface area contributed by atoms with Gasteiger partial charge in [0.25, 0.3) is 0 Å². The van der Waals surface area contributed by atoms with Gasteiger partial charge < -0.3 is 10.2 Å². The molecule has 82 valence electrons. The third-order valence-electron chi connectivity index (χ3n) is 2.02. The van der Waals surface area contributed by atoms with E-state index in [2.05, 4.69) is 5.32 Å². The van der Waals surface area contributed by atoms with Crippen molar-refractivity contribution in [3.8, 4) is 0 Å². The molecule has 0 saturated heterocycles. The van der Waals surface area contributed by atoms with Gasteiger partial charge in [-0.1, -0.05) is 6.07 Å². The molecule has 15 heavy (non-hydrogen) atoms. The van der Waals surface area contributed by atoms with Gasteiger partial charge in [0.2, 0.25) is 5.91 Å². The molecule has 1 N–H and O–H groups in total. The highest BCUT2D eigenvalue weighted by Crippen LogP contribution is 2.10. The second kappa shape index (κ2) is 4.77. The van der Waals surface area contributed by atoms with E-state index in [0.29, 0.717) is 5.69 Å². The zero-order valence-electron chi connectivity index (χ0n) is 9.12. The van der Waals surface area contributed by atoms with Gasteiger partial charge in [-0.05, 0) is 25.1 Å². The highest BCUT2D eigenvalue weighted by molar-refractivity contribution is 5.83. The molecule has 4 heteroatoms. The van der Waals surface area contributed by atoms with E-state index >= 15 is 0 Å². The van der Waals surface area contributed by atoms with Gasteiger partial charge in [-0.25, -0.2) is 4.39 Å². The van der Waals surface area contributed by atoms with Crippen LogP contribution in [0.3, 0.4) is 0 Å². The number of hydrogen-bond acceptors (Lipinski definition) is 2. The van der Waals surface area contributed by atoms with Crippen LogP contribution in [0, 0.1) is 5.82 Å². The van der Waals surface area contributed by atoms with Crippen molar-refractivity contribution in [2.75, 3.05) is 19.4 Å². The maximum Gasteiger partial charge on any atom is 0.244 e. The number of carbonyl (C=O) groups excluding carboxylic acids is 1. The Balaban J connectivity index is 2.66. The van der Waals surface area contributed by atoms with E-state index in [-0.39, 0.29) is 17.8 Å². The predicted molar refractivity (Wildman–Crippen MR) is 58.2 cm³/mol. The molecule has 0 bridgehead atoms. The number of hydrogen-bond donors (Lipinski definition) is 1. The molecule has 0 aliphatic carbocycles. The molecule has 0 fully saturated rings. The van der Waals surface area contributed by atoms with Crippen molar-refractivity contribution in [1.29, 1.82) is 0 Å². The number of rotatable bonds is 3. The molecular formula is C11H15FN2O. The summed E-state index contributed by atoms with van der Waals surface area (Å²) in [6.45, 7) is 1.74. The number of likely N-dealkylation sites (N-methyl/N-ethyl adjacent to an activating group) is 1. The molecule has 0 heterocycles. The summed E-state index contributed by atoms with van der Waals surface area (Å²) in [4.78, 5) is 13.0. The Labute approximate surface area is 88.9 Å². The van der Waals surface area contributed by atoms with E-state index in [1.807, 2.05) is 0 Å². The molecule has 0 aliphatic rings. The Kier molecular flexibility index (Phi) is 3.66. The summed E-state index contributed by atoms with van der Waals surface area (Å²) >= 11 is 0. The molecule has 1 aromatic carbocycles. The van der Waals surface area contributed by atoms with Crippen molar-refractivity contribution in [3.05, 3.63) is 30.1 Å². The van der Waals surface area contributed by atoms with E-state index in [9.17, 15) is 9.18 Å². The standard InChI is InChI=1S/C11H15FN2O/c1-8(11(15)14(2)3)13-10-6-4-5-9(12)7-10/h4-8,13H,1-3H3. The van der Waals surface area contributed by atoms with Crippen LogP contribution in [-0.2, 0) is 4.79 Å². The molecule has 1 rings (SSSR count). The Morgan fingerprint density at radius 1 is 1.47 bits per heavy atom. The van der Waals surface area contributed by atoms with Gasteiger partial charge in [0, 0.05) is 19.8 Å². The zero-order chi connectivity index (χ0) is 11.4. The number of amides is 1. The van der Waals surface area contributed by atoms with E-state index < -0.39 is 0 Å². The number of carbonyl (C=O) groups is 1. The fourth-order valence-corrected chi connectivity index (χ4v) is 1.28. The Morgan fingerprint density at radius 2 is 2.13 bits per heavy atom. The average molecular weight is 210 g/mol. The second-order valence-corrected chi connectivity index (χ2v) is 3.61. The van der Waals surface area contributed by atoms with Crippen LogP contribution in [0.4, 0.5) is 10.1 Å². The molecule has 1 unspecified atom stereocenters. The van der Waals surface area contributed by atoms with Crippen molar-refractivity contribution in [1.82, 2.24) is 4.90 Å². The highest BCUT2D eigenvalue weighted by atomic mass is 19.1. The molecule has 0 aromatic heterocycles. The van der Waals surface area contributed by atoms with E-state index in [1.54, 1.807) is 33.2 Å². The number of nitrogens with zero attached hydrogens (tertiary/aromatic N) is 1. The molecular weight excluding hydrogens is 195 g/mol. The van der Waals surface area contributed by atoms with Gasteiger partial charge in [0.1, 0.15) is 11.9 Å². The first-order valence-corrected chi connectivity index (χ1v) is 4.74. The molecule has 3 nitrogen and oxygen atoms in total. The minimum Gasteiger partial charge on any atom is -0.374 e. The molecule has 0 saturated carbocycles. The topological polar surface area (TPSA) is 32.3 Å². The third kappa shape index (κ3) is 3.23. The van der Waals surface area contributed by atoms with Crippen molar-refractivity contribution in [2.45, 2.75) is 13.0 Å². The second-order valence-electron chi connectivity index (χ2n) is 3.61. The van der Waals surface area contributed by atoms with Gasteiger partial charge in [-0.3, -0.25) is 4.79 Å². The van der Waals surface area contributed by atoms with Crippen LogP contribution < -0.4 is 5.32 Å². The van der Waals surface area contributed by atoms with Crippen molar-refractivity contribution >= 4 is 11.6 Å². The number of nitrogens with one attached hydrogen (secondary N) is 1. The Morgan fingerprint density at radius 3 is 2.67 bits per heavy atom. The minimum atomic E-state index is -0.359. The first-order valence-electron chi connectivity index (χ1n) is 4.74. The molecule has 0 spiro atoms. The van der Waals surface area contributed by atoms with Gasteiger partial charge in [0.05, 0.1) is 0 Å².